The highest BCUT2D eigenvalue weighted by molar-refractivity contribution is 5.94. The number of H-pyrrole nitrogens is 1. The van der Waals surface area contributed by atoms with Gasteiger partial charge in [-0.05, 0) is 29.3 Å². The van der Waals surface area contributed by atoms with Crippen LogP contribution in [0.4, 0.5) is 4.79 Å². The molecule has 1 atom stereocenters. The third-order valence-electron chi connectivity index (χ3n) is 5.92. The zero-order valence-corrected chi connectivity index (χ0v) is 19.8. The molecule has 2 heterocycles. The van der Waals surface area contributed by atoms with Crippen LogP contribution in [0.25, 0.3) is 21.9 Å². The van der Waals surface area contributed by atoms with E-state index in [1.807, 2.05) is 54.6 Å². The summed E-state index contributed by atoms with van der Waals surface area (Å²) in [6.45, 7) is -0.261. The molecular formula is C27H24N6O4. The van der Waals surface area contributed by atoms with Gasteiger partial charge in [-0.1, -0.05) is 65.9 Å². The third kappa shape index (κ3) is 5.48. The normalized spacial score (nSPS) is 11.8. The molecule has 0 saturated carbocycles. The first-order valence-corrected chi connectivity index (χ1v) is 11.7. The Hall–Kier alpha value is -4.99. The molecule has 0 unspecified atom stereocenters. The maximum Gasteiger partial charge on any atom is 0.408 e. The number of carbonyl (C=O) groups is 3. The lowest BCUT2D eigenvalue weighted by Gasteiger charge is -2.18. The van der Waals surface area contributed by atoms with Crippen LogP contribution in [0.5, 0.6) is 0 Å². The van der Waals surface area contributed by atoms with Crippen LogP contribution in [-0.2, 0) is 22.6 Å². The molecule has 0 aliphatic heterocycles. The molecule has 2 aromatic heterocycles. The van der Waals surface area contributed by atoms with Gasteiger partial charge in [0.05, 0.1) is 12.1 Å². The van der Waals surface area contributed by atoms with Crippen molar-refractivity contribution in [3.05, 3.63) is 96.2 Å². The summed E-state index contributed by atoms with van der Waals surface area (Å²) in [6, 6.07) is 23.0. The van der Waals surface area contributed by atoms with E-state index < -0.39 is 23.9 Å². The van der Waals surface area contributed by atoms with Gasteiger partial charge in [0.25, 0.3) is 5.91 Å². The van der Waals surface area contributed by atoms with Crippen LogP contribution >= 0.6 is 0 Å². The first kappa shape index (κ1) is 23.7. The van der Waals surface area contributed by atoms with Crippen LogP contribution in [0.15, 0.2) is 85.1 Å². The van der Waals surface area contributed by atoms with Gasteiger partial charge >= 0.3 is 6.09 Å². The van der Waals surface area contributed by atoms with E-state index in [2.05, 4.69) is 25.9 Å². The summed E-state index contributed by atoms with van der Waals surface area (Å²) in [5.74, 6) is -0.987. The lowest BCUT2D eigenvalue weighted by molar-refractivity contribution is -0.122. The van der Waals surface area contributed by atoms with Gasteiger partial charge in [-0.2, -0.15) is 4.68 Å². The maximum atomic E-state index is 13.2. The van der Waals surface area contributed by atoms with Crippen molar-refractivity contribution in [2.75, 3.05) is 6.54 Å². The first-order valence-electron chi connectivity index (χ1n) is 11.7. The maximum absolute atomic E-state index is 13.2. The van der Waals surface area contributed by atoms with E-state index in [9.17, 15) is 14.4 Å². The fourth-order valence-electron chi connectivity index (χ4n) is 4.05. The SMILES string of the molecule is O=C(N[C@@H](Cc1c[nH]c2ccccc12)C(=O)NCC(=O)n1nnc2ccccc21)OCc1ccccc1. The highest BCUT2D eigenvalue weighted by Crippen LogP contribution is 2.19. The van der Waals surface area contributed by atoms with Gasteiger partial charge in [-0.15, -0.1) is 5.10 Å². The Morgan fingerprint density at radius 2 is 1.70 bits per heavy atom. The summed E-state index contributed by atoms with van der Waals surface area (Å²) in [5.41, 5.74) is 3.69. The highest BCUT2D eigenvalue weighted by Gasteiger charge is 2.24. The van der Waals surface area contributed by atoms with Crippen molar-refractivity contribution < 1.29 is 19.1 Å². The van der Waals surface area contributed by atoms with Crippen molar-refractivity contribution in [2.24, 2.45) is 0 Å². The number of alkyl carbamates (subject to hydrolysis) is 1. The molecule has 5 rings (SSSR count). The van der Waals surface area contributed by atoms with Crippen LogP contribution in [0, 0.1) is 0 Å². The van der Waals surface area contributed by atoms with Crippen molar-refractivity contribution in [3.8, 4) is 0 Å². The molecule has 0 aliphatic carbocycles. The van der Waals surface area contributed by atoms with Gasteiger partial charge in [0.2, 0.25) is 5.91 Å². The number of ether oxygens (including phenoxy) is 1. The molecule has 186 valence electrons. The number of hydrogen-bond donors (Lipinski definition) is 3. The van der Waals surface area contributed by atoms with Crippen LogP contribution in [-0.4, -0.2) is 50.5 Å². The number of nitrogens with one attached hydrogen (secondary N) is 3. The van der Waals surface area contributed by atoms with E-state index in [1.165, 1.54) is 0 Å². The van der Waals surface area contributed by atoms with E-state index in [-0.39, 0.29) is 19.6 Å². The Kier molecular flexibility index (Phi) is 6.89. The largest absolute Gasteiger partial charge is 0.445 e. The summed E-state index contributed by atoms with van der Waals surface area (Å²) in [5, 5.41) is 14.1. The minimum Gasteiger partial charge on any atom is -0.445 e. The minimum absolute atomic E-state index is 0.0615. The van der Waals surface area contributed by atoms with Crippen LogP contribution in [0.3, 0.4) is 0 Å². The van der Waals surface area contributed by atoms with Crippen LogP contribution in [0.2, 0.25) is 0 Å². The van der Waals surface area contributed by atoms with Crippen molar-refractivity contribution >= 4 is 39.8 Å². The Morgan fingerprint density at radius 1 is 0.946 bits per heavy atom. The predicted molar refractivity (Wildman–Crippen MR) is 137 cm³/mol. The molecule has 10 heteroatoms. The number of aromatic amines is 1. The molecule has 3 N–H and O–H groups in total. The fraction of sp³-hybridized carbons (Fsp3) is 0.148. The molecule has 0 saturated heterocycles. The number of benzene rings is 3. The zero-order chi connectivity index (χ0) is 25.6. The van der Waals surface area contributed by atoms with Gasteiger partial charge in [0.15, 0.2) is 0 Å². The van der Waals surface area contributed by atoms with Crippen molar-refractivity contribution in [2.45, 2.75) is 19.1 Å². The summed E-state index contributed by atoms with van der Waals surface area (Å²) < 4.78 is 6.47. The molecule has 10 nitrogen and oxygen atoms in total. The molecule has 0 radical (unpaired) electrons. The van der Waals surface area contributed by atoms with Crippen LogP contribution in [0.1, 0.15) is 15.9 Å². The smallest absolute Gasteiger partial charge is 0.408 e. The Balaban J connectivity index is 1.28. The van der Waals surface area contributed by atoms with E-state index in [0.29, 0.717) is 11.0 Å². The Morgan fingerprint density at radius 3 is 2.57 bits per heavy atom. The minimum atomic E-state index is -0.984. The van der Waals surface area contributed by atoms with E-state index in [0.717, 1.165) is 26.7 Å². The molecule has 37 heavy (non-hydrogen) atoms. The van der Waals surface area contributed by atoms with Crippen molar-refractivity contribution in [1.82, 2.24) is 30.6 Å². The number of carbonyl (C=O) groups excluding carboxylic acids is 3. The number of rotatable bonds is 8. The van der Waals surface area contributed by atoms with Gasteiger partial charge in [0, 0.05) is 23.5 Å². The molecule has 0 aliphatic rings. The Bertz CT molecular complexity index is 1560. The fourth-order valence-corrected chi connectivity index (χ4v) is 4.05. The molecule has 0 fully saturated rings. The van der Waals surface area contributed by atoms with Crippen LogP contribution < -0.4 is 10.6 Å². The number of hydrogen-bond acceptors (Lipinski definition) is 6. The quantitative estimate of drug-likeness (QED) is 0.302. The van der Waals surface area contributed by atoms with E-state index in [1.54, 1.807) is 30.5 Å². The molecule has 2 amide bonds. The highest BCUT2D eigenvalue weighted by atomic mass is 16.5. The molecule has 0 spiro atoms. The zero-order valence-electron chi connectivity index (χ0n) is 19.8. The summed E-state index contributed by atoms with van der Waals surface area (Å²) in [4.78, 5) is 41.7. The van der Waals surface area contributed by atoms with Gasteiger partial charge < -0.3 is 20.4 Å². The van der Waals surface area contributed by atoms with Gasteiger partial charge in [0.1, 0.15) is 18.2 Å². The Labute approximate surface area is 211 Å². The first-order chi connectivity index (χ1) is 18.1. The molecular weight excluding hydrogens is 472 g/mol. The van der Waals surface area contributed by atoms with Crippen molar-refractivity contribution in [1.29, 1.82) is 0 Å². The molecule has 3 aromatic carbocycles. The van der Waals surface area contributed by atoms with Gasteiger partial charge in [-0.25, -0.2) is 4.79 Å². The second-order valence-electron chi connectivity index (χ2n) is 8.42. The topological polar surface area (TPSA) is 131 Å². The van der Waals surface area contributed by atoms with E-state index >= 15 is 0 Å². The van der Waals surface area contributed by atoms with Crippen molar-refractivity contribution in [3.63, 3.8) is 0 Å². The summed E-state index contributed by atoms with van der Waals surface area (Å²) in [7, 11) is 0. The standard InChI is InChI=1S/C27H24N6O4/c34-25(33-24-13-7-6-12-22(24)31-32-33)16-29-26(35)23(14-19-15-28-21-11-5-4-10-20(19)21)30-27(36)37-17-18-8-2-1-3-9-18/h1-13,15,23,28H,14,16-17H2,(H,29,35)(H,30,36)/t23-/m0/s1. The third-order valence-corrected chi connectivity index (χ3v) is 5.92. The second kappa shape index (κ2) is 10.7. The summed E-state index contributed by atoms with van der Waals surface area (Å²) in [6.07, 6.45) is 1.25. The number of aromatic nitrogens is 4. The molecule has 0 bridgehead atoms. The molecule has 5 aromatic rings. The monoisotopic (exact) mass is 496 g/mol. The average Bonchev–Trinajstić information content (AvgIpc) is 3.55. The van der Waals surface area contributed by atoms with Gasteiger partial charge in [-0.3, -0.25) is 9.59 Å². The van der Waals surface area contributed by atoms with E-state index in [4.69, 9.17) is 4.74 Å². The number of amides is 2. The average molecular weight is 497 g/mol. The second-order valence-corrected chi connectivity index (χ2v) is 8.42. The number of nitrogens with zero attached hydrogens (tertiary/aromatic N) is 3. The lowest BCUT2D eigenvalue weighted by atomic mass is 10.0. The number of para-hydroxylation sites is 2. The number of fused-ring (bicyclic) bond motifs is 2. The lowest BCUT2D eigenvalue weighted by Crippen LogP contribution is -2.49. The predicted octanol–water partition coefficient (Wildman–Crippen LogP) is 3.21. The summed E-state index contributed by atoms with van der Waals surface area (Å²) >= 11 is 0.